The van der Waals surface area contributed by atoms with Crippen molar-refractivity contribution in [3.8, 4) is 0 Å². The predicted octanol–water partition coefficient (Wildman–Crippen LogP) is -0.0458. The Morgan fingerprint density at radius 3 is 2.87 bits per heavy atom. The van der Waals surface area contributed by atoms with Crippen molar-refractivity contribution >= 4 is 5.91 Å². The molecule has 5 heteroatoms. The Labute approximate surface area is 89.9 Å². The minimum absolute atomic E-state index is 0.0626. The summed E-state index contributed by atoms with van der Waals surface area (Å²) in [7, 11) is 3.71. The van der Waals surface area contributed by atoms with Gasteiger partial charge in [-0.2, -0.15) is 5.10 Å². The lowest BCUT2D eigenvalue weighted by Gasteiger charge is -2.03. The fourth-order valence-electron chi connectivity index (χ4n) is 1.34. The number of nitrogens with zero attached hydrogens (tertiary/aromatic N) is 2. The zero-order valence-electron chi connectivity index (χ0n) is 9.50. The number of aryl methyl sites for hydroxylation is 2. The summed E-state index contributed by atoms with van der Waals surface area (Å²) in [6.07, 6.45) is 2.43. The predicted molar refractivity (Wildman–Crippen MR) is 58.3 cm³/mol. The Bertz CT molecular complexity index is 332. The number of hydrogen-bond acceptors (Lipinski definition) is 3. The van der Waals surface area contributed by atoms with E-state index in [-0.39, 0.29) is 5.91 Å². The topological polar surface area (TPSA) is 59.0 Å². The molecule has 1 heterocycles. The molecule has 1 amide bonds. The van der Waals surface area contributed by atoms with Gasteiger partial charge in [0, 0.05) is 38.3 Å². The van der Waals surface area contributed by atoms with E-state index in [9.17, 15) is 4.79 Å². The van der Waals surface area contributed by atoms with Crippen molar-refractivity contribution in [1.29, 1.82) is 0 Å². The maximum Gasteiger partial charge on any atom is 0.221 e. The van der Waals surface area contributed by atoms with Crippen LogP contribution in [0.25, 0.3) is 0 Å². The van der Waals surface area contributed by atoms with Gasteiger partial charge < -0.3 is 10.6 Å². The maximum absolute atomic E-state index is 11.3. The van der Waals surface area contributed by atoms with E-state index in [0.29, 0.717) is 19.5 Å². The second kappa shape index (κ2) is 5.50. The van der Waals surface area contributed by atoms with Gasteiger partial charge in [-0.3, -0.25) is 9.48 Å². The second-order valence-electron chi connectivity index (χ2n) is 3.54. The van der Waals surface area contributed by atoms with Crippen LogP contribution < -0.4 is 10.6 Å². The van der Waals surface area contributed by atoms with E-state index in [4.69, 9.17) is 0 Å². The van der Waals surface area contributed by atoms with Crippen LogP contribution in [0.4, 0.5) is 0 Å². The van der Waals surface area contributed by atoms with Crippen LogP contribution in [0.2, 0.25) is 0 Å². The van der Waals surface area contributed by atoms with Gasteiger partial charge in [-0.05, 0) is 14.0 Å². The number of nitrogens with one attached hydrogen (secondary N) is 2. The van der Waals surface area contributed by atoms with Crippen LogP contribution in [0, 0.1) is 6.92 Å². The molecule has 0 saturated carbocycles. The molecule has 15 heavy (non-hydrogen) atoms. The molecule has 2 N–H and O–H groups in total. The van der Waals surface area contributed by atoms with Gasteiger partial charge in [0.2, 0.25) is 5.91 Å². The van der Waals surface area contributed by atoms with Crippen molar-refractivity contribution in [1.82, 2.24) is 20.4 Å². The van der Waals surface area contributed by atoms with Crippen LogP contribution in [0.3, 0.4) is 0 Å². The van der Waals surface area contributed by atoms with Gasteiger partial charge in [-0.15, -0.1) is 0 Å². The zero-order valence-corrected chi connectivity index (χ0v) is 9.50. The van der Waals surface area contributed by atoms with Crippen molar-refractivity contribution in [2.75, 3.05) is 13.6 Å². The van der Waals surface area contributed by atoms with Gasteiger partial charge in [-0.1, -0.05) is 0 Å². The first kappa shape index (κ1) is 11.7. The Morgan fingerprint density at radius 2 is 2.33 bits per heavy atom. The zero-order chi connectivity index (χ0) is 11.3. The molecular weight excluding hydrogens is 192 g/mol. The quantitative estimate of drug-likeness (QED) is 0.716. The minimum atomic E-state index is 0.0626. The SMILES string of the molecule is CNCCC(=O)NCc1cn(C)nc1C. The molecule has 84 valence electrons. The van der Waals surface area contributed by atoms with Crippen molar-refractivity contribution < 1.29 is 4.79 Å². The highest BCUT2D eigenvalue weighted by Gasteiger charge is 2.04. The van der Waals surface area contributed by atoms with E-state index in [1.54, 1.807) is 4.68 Å². The third kappa shape index (κ3) is 3.71. The maximum atomic E-state index is 11.3. The highest BCUT2D eigenvalue weighted by Crippen LogP contribution is 2.03. The highest BCUT2D eigenvalue weighted by atomic mass is 16.1. The molecule has 1 aromatic rings. The first-order valence-corrected chi connectivity index (χ1v) is 5.04. The molecule has 0 unspecified atom stereocenters. The summed E-state index contributed by atoms with van der Waals surface area (Å²) in [5.41, 5.74) is 2.03. The van der Waals surface area contributed by atoms with E-state index >= 15 is 0 Å². The number of amides is 1. The summed E-state index contributed by atoms with van der Waals surface area (Å²) < 4.78 is 1.75. The lowest BCUT2D eigenvalue weighted by molar-refractivity contribution is -0.121. The molecule has 0 fully saturated rings. The molecule has 1 aromatic heterocycles. The molecule has 0 saturated heterocycles. The third-order valence-electron chi connectivity index (χ3n) is 2.19. The monoisotopic (exact) mass is 210 g/mol. The summed E-state index contributed by atoms with van der Waals surface area (Å²) >= 11 is 0. The summed E-state index contributed by atoms with van der Waals surface area (Å²) in [5.74, 6) is 0.0626. The molecule has 0 radical (unpaired) electrons. The molecule has 0 bridgehead atoms. The molecule has 0 aliphatic rings. The fraction of sp³-hybridized carbons (Fsp3) is 0.600. The summed E-state index contributed by atoms with van der Waals surface area (Å²) in [6.45, 7) is 3.20. The number of rotatable bonds is 5. The standard InChI is InChI=1S/C10H18N4O/c1-8-9(7-14(3)13-8)6-12-10(15)4-5-11-2/h7,11H,4-6H2,1-3H3,(H,12,15). The van der Waals surface area contributed by atoms with Crippen molar-refractivity contribution in [2.24, 2.45) is 7.05 Å². The van der Waals surface area contributed by atoms with E-state index < -0.39 is 0 Å². The summed E-state index contributed by atoms with van der Waals surface area (Å²) in [4.78, 5) is 11.3. The number of carbonyl (C=O) groups excluding carboxylic acids is 1. The Balaban J connectivity index is 2.36. The average Bonchev–Trinajstić information content (AvgIpc) is 2.51. The van der Waals surface area contributed by atoms with Crippen molar-refractivity contribution in [3.63, 3.8) is 0 Å². The summed E-state index contributed by atoms with van der Waals surface area (Å²) in [6, 6.07) is 0. The molecule has 0 aliphatic heterocycles. The number of aromatic nitrogens is 2. The van der Waals surface area contributed by atoms with E-state index in [1.807, 2.05) is 27.2 Å². The minimum Gasteiger partial charge on any atom is -0.352 e. The van der Waals surface area contributed by atoms with Crippen LogP contribution in [0.5, 0.6) is 0 Å². The van der Waals surface area contributed by atoms with Gasteiger partial charge in [0.1, 0.15) is 0 Å². The molecule has 0 aromatic carbocycles. The van der Waals surface area contributed by atoms with Crippen LogP contribution in [-0.2, 0) is 18.4 Å². The molecule has 1 rings (SSSR count). The van der Waals surface area contributed by atoms with Crippen molar-refractivity contribution in [2.45, 2.75) is 19.9 Å². The van der Waals surface area contributed by atoms with Gasteiger partial charge >= 0.3 is 0 Å². The van der Waals surface area contributed by atoms with E-state index in [0.717, 1.165) is 11.3 Å². The van der Waals surface area contributed by atoms with Gasteiger partial charge in [-0.25, -0.2) is 0 Å². The Hall–Kier alpha value is -1.36. The molecule has 0 aliphatic carbocycles. The lowest BCUT2D eigenvalue weighted by atomic mass is 10.2. The normalized spacial score (nSPS) is 10.3. The Morgan fingerprint density at radius 1 is 1.60 bits per heavy atom. The number of carbonyl (C=O) groups is 1. The van der Waals surface area contributed by atoms with Crippen LogP contribution in [0.15, 0.2) is 6.20 Å². The van der Waals surface area contributed by atoms with Gasteiger partial charge in [0.25, 0.3) is 0 Å². The van der Waals surface area contributed by atoms with Gasteiger partial charge in [0.15, 0.2) is 0 Å². The van der Waals surface area contributed by atoms with E-state index in [2.05, 4.69) is 15.7 Å². The third-order valence-corrected chi connectivity index (χ3v) is 2.19. The van der Waals surface area contributed by atoms with E-state index in [1.165, 1.54) is 0 Å². The lowest BCUT2D eigenvalue weighted by Crippen LogP contribution is -2.26. The average molecular weight is 210 g/mol. The highest BCUT2D eigenvalue weighted by molar-refractivity contribution is 5.76. The van der Waals surface area contributed by atoms with Crippen LogP contribution >= 0.6 is 0 Å². The largest absolute Gasteiger partial charge is 0.352 e. The molecule has 0 spiro atoms. The smallest absolute Gasteiger partial charge is 0.221 e. The molecular formula is C10H18N4O. The second-order valence-corrected chi connectivity index (χ2v) is 3.54. The Kier molecular flexibility index (Phi) is 4.30. The van der Waals surface area contributed by atoms with Gasteiger partial charge in [0.05, 0.1) is 5.69 Å². The van der Waals surface area contributed by atoms with Crippen LogP contribution in [-0.4, -0.2) is 29.3 Å². The fourth-order valence-corrected chi connectivity index (χ4v) is 1.34. The van der Waals surface area contributed by atoms with Crippen LogP contribution in [0.1, 0.15) is 17.7 Å². The first-order chi connectivity index (χ1) is 7.13. The summed E-state index contributed by atoms with van der Waals surface area (Å²) in [5, 5.41) is 9.99. The first-order valence-electron chi connectivity index (χ1n) is 5.04. The molecule has 0 atom stereocenters. The number of hydrogen-bond donors (Lipinski definition) is 2. The van der Waals surface area contributed by atoms with Crippen molar-refractivity contribution in [3.05, 3.63) is 17.5 Å². The molecule has 5 nitrogen and oxygen atoms in total.